The van der Waals surface area contributed by atoms with E-state index in [1.165, 1.54) is 0 Å². The Kier molecular flexibility index (Phi) is 5.82. The summed E-state index contributed by atoms with van der Waals surface area (Å²) in [6.45, 7) is 2.79. The van der Waals surface area contributed by atoms with Gasteiger partial charge in [-0.3, -0.25) is 14.0 Å². The number of piperidine rings is 1. The molecule has 2 amide bonds. The summed E-state index contributed by atoms with van der Waals surface area (Å²) in [5.74, 6) is 2.11. The van der Waals surface area contributed by atoms with Gasteiger partial charge in [-0.2, -0.15) is 0 Å². The van der Waals surface area contributed by atoms with Crippen LogP contribution in [0.4, 0.5) is 11.6 Å². The Hall–Kier alpha value is -4.27. The number of nitrogens with zero attached hydrogens (tertiary/aromatic N) is 5. The maximum Gasteiger partial charge on any atom is 0.256 e. The lowest BCUT2D eigenvalue weighted by Gasteiger charge is -2.37. The molecule has 1 aliphatic carbocycles. The van der Waals surface area contributed by atoms with E-state index in [-0.39, 0.29) is 29.7 Å². The molecule has 2 aliphatic rings. The van der Waals surface area contributed by atoms with Crippen molar-refractivity contribution in [3.05, 3.63) is 72.4 Å². The van der Waals surface area contributed by atoms with E-state index in [0.29, 0.717) is 23.7 Å². The molecule has 0 bridgehead atoms. The fourth-order valence-electron chi connectivity index (χ4n) is 5.17. The monoisotopic (exact) mass is 495 g/mol. The van der Waals surface area contributed by atoms with Gasteiger partial charge in [0.05, 0.1) is 0 Å². The van der Waals surface area contributed by atoms with Crippen molar-refractivity contribution in [1.82, 2.24) is 24.3 Å². The Balaban J connectivity index is 1.31. The van der Waals surface area contributed by atoms with Crippen LogP contribution in [0.1, 0.15) is 54.7 Å². The standard InChI is InChI=1S/C28H29N7O2/c1-17-5-6-21(16-35(17)28(37)20-11-12-20)26-33-23(24-25(29)31-14-15-34(24)26)18-7-9-19(10-8-18)27(36)32-22-4-2-3-13-30-22/h2-4,7-10,13-15,17,20-21H,5-6,11-12,16H2,1H3,(H2,29,31)(H,30,32,36)/t17-,21+/m1/s1. The highest BCUT2D eigenvalue weighted by molar-refractivity contribution is 6.04. The number of hydrogen-bond acceptors (Lipinski definition) is 6. The van der Waals surface area contributed by atoms with Gasteiger partial charge in [-0.15, -0.1) is 0 Å². The molecule has 0 unspecified atom stereocenters. The second-order valence-corrected chi connectivity index (χ2v) is 9.98. The van der Waals surface area contributed by atoms with Crippen LogP contribution in [0.25, 0.3) is 16.8 Å². The smallest absolute Gasteiger partial charge is 0.256 e. The summed E-state index contributed by atoms with van der Waals surface area (Å²) in [7, 11) is 0. The van der Waals surface area contributed by atoms with Crippen LogP contribution in [-0.4, -0.2) is 48.7 Å². The molecule has 0 radical (unpaired) electrons. The van der Waals surface area contributed by atoms with Crippen LogP contribution in [0, 0.1) is 5.92 Å². The van der Waals surface area contributed by atoms with Crippen molar-refractivity contribution in [3.63, 3.8) is 0 Å². The van der Waals surface area contributed by atoms with Crippen molar-refractivity contribution in [1.29, 1.82) is 0 Å². The van der Waals surface area contributed by atoms with E-state index >= 15 is 0 Å². The Bertz CT molecular complexity index is 1460. The van der Waals surface area contributed by atoms with Crippen molar-refractivity contribution in [3.8, 4) is 11.3 Å². The maximum atomic E-state index is 12.9. The third-order valence-corrected chi connectivity index (χ3v) is 7.39. The van der Waals surface area contributed by atoms with E-state index in [9.17, 15) is 9.59 Å². The van der Waals surface area contributed by atoms with E-state index in [1.807, 2.05) is 33.7 Å². The van der Waals surface area contributed by atoms with Crippen LogP contribution in [0.3, 0.4) is 0 Å². The van der Waals surface area contributed by atoms with Gasteiger partial charge in [0, 0.05) is 54.1 Å². The molecule has 2 fully saturated rings. The number of hydrogen-bond donors (Lipinski definition) is 2. The highest BCUT2D eigenvalue weighted by Gasteiger charge is 2.39. The SMILES string of the molecule is C[C@@H]1CC[C@H](c2nc(-c3ccc(C(=O)Nc4ccccn4)cc3)c3c(N)nccn23)CN1C(=O)C1CC1. The van der Waals surface area contributed by atoms with E-state index in [2.05, 4.69) is 22.2 Å². The number of nitrogens with one attached hydrogen (secondary N) is 1. The maximum absolute atomic E-state index is 12.9. The van der Waals surface area contributed by atoms with Gasteiger partial charge in [-0.25, -0.2) is 15.0 Å². The molecule has 1 aliphatic heterocycles. The molecule has 1 saturated carbocycles. The number of likely N-dealkylation sites (tertiary alicyclic amines) is 1. The molecule has 1 aromatic carbocycles. The van der Waals surface area contributed by atoms with Crippen LogP contribution in [0.5, 0.6) is 0 Å². The molecule has 0 spiro atoms. The fourth-order valence-corrected chi connectivity index (χ4v) is 5.17. The van der Waals surface area contributed by atoms with Crippen molar-refractivity contribution in [2.24, 2.45) is 5.92 Å². The highest BCUT2D eigenvalue weighted by atomic mass is 16.2. The lowest BCUT2D eigenvalue weighted by atomic mass is 9.92. The molecule has 37 heavy (non-hydrogen) atoms. The summed E-state index contributed by atoms with van der Waals surface area (Å²) in [6, 6.07) is 12.9. The summed E-state index contributed by atoms with van der Waals surface area (Å²) >= 11 is 0. The van der Waals surface area contributed by atoms with Crippen LogP contribution in [-0.2, 0) is 4.79 Å². The van der Waals surface area contributed by atoms with Gasteiger partial charge in [-0.05, 0) is 56.9 Å². The third kappa shape index (κ3) is 4.41. The van der Waals surface area contributed by atoms with Crippen molar-refractivity contribution < 1.29 is 9.59 Å². The minimum absolute atomic E-state index is 0.102. The first-order valence-corrected chi connectivity index (χ1v) is 12.8. The number of carbonyl (C=O) groups excluding carboxylic acids is 2. The van der Waals surface area contributed by atoms with E-state index in [0.717, 1.165) is 48.3 Å². The molecule has 4 aromatic rings. The van der Waals surface area contributed by atoms with Crippen LogP contribution in [0.2, 0.25) is 0 Å². The summed E-state index contributed by atoms with van der Waals surface area (Å²) in [6.07, 6.45) is 9.09. The first kappa shape index (κ1) is 23.1. The lowest BCUT2D eigenvalue weighted by Crippen LogP contribution is -2.45. The molecule has 1 saturated heterocycles. The zero-order valence-corrected chi connectivity index (χ0v) is 20.7. The minimum atomic E-state index is -0.237. The molecule has 188 valence electrons. The van der Waals surface area contributed by atoms with Crippen molar-refractivity contribution >= 4 is 29.0 Å². The number of nitrogen functional groups attached to an aromatic ring is 1. The number of fused-ring (bicyclic) bond motifs is 1. The highest BCUT2D eigenvalue weighted by Crippen LogP contribution is 2.38. The lowest BCUT2D eigenvalue weighted by molar-refractivity contribution is -0.136. The van der Waals surface area contributed by atoms with E-state index < -0.39 is 0 Å². The van der Waals surface area contributed by atoms with E-state index in [4.69, 9.17) is 10.7 Å². The summed E-state index contributed by atoms with van der Waals surface area (Å²) in [5, 5.41) is 2.80. The Labute approximate surface area is 214 Å². The quantitative estimate of drug-likeness (QED) is 0.430. The topological polar surface area (TPSA) is 119 Å². The number of nitrogens with two attached hydrogens (primary N) is 1. The van der Waals surface area contributed by atoms with E-state index in [1.54, 1.807) is 36.7 Å². The third-order valence-electron chi connectivity index (χ3n) is 7.39. The zero-order chi connectivity index (χ0) is 25.5. The van der Waals surface area contributed by atoms with Crippen molar-refractivity contribution in [2.75, 3.05) is 17.6 Å². The Morgan fingerprint density at radius 1 is 1.00 bits per heavy atom. The second kappa shape index (κ2) is 9.31. The molecule has 3 aromatic heterocycles. The fraction of sp³-hybridized carbons (Fsp3) is 0.321. The predicted molar refractivity (Wildman–Crippen MR) is 141 cm³/mol. The number of aromatic nitrogens is 4. The zero-order valence-electron chi connectivity index (χ0n) is 20.7. The minimum Gasteiger partial charge on any atom is -0.382 e. The van der Waals surface area contributed by atoms with Crippen LogP contribution >= 0.6 is 0 Å². The predicted octanol–water partition coefficient (Wildman–Crippen LogP) is 4.13. The number of pyridine rings is 1. The normalized spacial score (nSPS) is 19.6. The van der Waals surface area contributed by atoms with Gasteiger partial charge in [0.15, 0.2) is 0 Å². The molecular formula is C28H29N7O2. The largest absolute Gasteiger partial charge is 0.382 e. The number of carbonyl (C=O) groups is 2. The molecule has 9 nitrogen and oxygen atoms in total. The number of anilines is 2. The van der Waals surface area contributed by atoms with Gasteiger partial charge in [0.25, 0.3) is 5.91 Å². The Morgan fingerprint density at radius 3 is 2.54 bits per heavy atom. The first-order chi connectivity index (χ1) is 18.0. The van der Waals surface area contributed by atoms with Gasteiger partial charge in [0.1, 0.15) is 28.7 Å². The summed E-state index contributed by atoms with van der Waals surface area (Å²) < 4.78 is 2.01. The van der Waals surface area contributed by atoms with Crippen molar-refractivity contribution in [2.45, 2.75) is 44.6 Å². The van der Waals surface area contributed by atoms with Gasteiger partial charge < -0.3 is 16.0 Å². The van der Waals surface area contributed by atoms with Crippen LogP contribution in [0.15, 0.2) is 61.1 Å². The van der Waals surface area contributed by atoms with Gasteiger partial charge in [0.2, 0.25) is 5.91 Å². The Morgan fingerprint density at radius 2 is 1.81 bits per heavy atom. The molecule has 3 N–H and O–H groups in total. The molecule has 4 heterocycles. The first-order valence-electron chi connectivity index (χ1n) is 12.8. The number of amides is 2. The second-order valence-electron chi connectivity index (χ2n) is 9.98. The number of rotatable bonds is 5. The molecular weight excluding hydrogens is 466 g/mol. The summed E-state index contributed by atoms with van der Waals surface area (Å²) in [5.41, 5.74) is 9.15. The average molecular weight is 496 g/mol. The molecule has 6 rings (SSSR count). The van der Waals surface area contributed by atoms with Crippen LogP contribution < -0.4 is 11.1 Å². The average Bonchev–Trinajstić information content (AvgIpc) is 3.70. The number of imidazole rings is 1. The molecule has 2 atom stereocenters. The van der Waals surface area contributed by atoms with Gasteiger partial charge >= 0.3 is 0 Å². The van der Waals surface area contributed by atoms with Gasteiger partial charge in [-0.1, -0.05) is 18.2 Å². The molecule has 9 heteroatoms. The summed E-state index contributed by atoms with van der Waals surface area (Å²) in [4.78, 5) is 41.2. The number of benzene rings is 1.